The quantitative estimate of drug-likeness (QED) is 0.758. The monoisotopic (exact) mass is 424 g/mol. The minimum atomic E-state index is -3.80. The van der Waals surface area contributed by atoms with Crippen molar-refractivity contribution in [1.29, 1.82) is 0 Å². The first-order chi connectivity index (χ1) is 13.0. The Labute approximate surface area is 171 Å². The van der Waals surface area contributed by atoms with Gasteiger partial charge in [-0.25, -0.2) is 8.42 Å². The van der Waals surface area contributed by atoms with Gasteiger partial charge < -0.3 is 10.1 Å². The minimum absolute atomic E-state index is 0.206. The molecule has 0 heterocycles. The molecule has 0 bridgehead atoms. The van der Waals surface area contributed by atoms with E-state index >= 15 is 0 Å². The van der Waals surface area contributed by atoms with E-state index in [1.165, 1.54) is 20.1 Å². The number of methoxy groups -OCH3 is 1. The van der Waals surface area contributed by atoms with Crippen molar-refractivity contribution in [2.24, 2.45) is 0 Å². The van der Waals surface area contributed by atoms with Crippen LogP contribution in [0.15, 0.2) is 30.3 Å². The number of aryl methyl sites for hydroxylation is 3. The van der Waals surface area contributed by atoms with Gasteiger partial charge in [0.25, 0.3) is 0 Å². The van der Waals surface area contributed by atoms with Gasteiger partial charge in [-0.3, -0.25) is 9.10 Å². The van der Waals surface area contributed by atoms with E-state index in [0.29, 0.717) is 16.5 Å². The number of hydrogen-bond donors (Lipinski definition) is 1. The third kappa shape index (κ3) is 4.77. The third-order valence-corrected chi connectivity index (χ3v) is 5.85. The summed E-state index contributed by atoms with van der Waals surface area (Å²) in [6, 6.07) is 7.52. The normalized spacial score (nSPS) is 12.4. The number of halogens is 1. The number of nitrogens with zero attached hydrogens (tertiary/aromatic N) is 1. The Morgan fingerprint density at radius 1 is 1.14 bits per heavy atom. The highest BCUT2D eigenvalue weighted by Gasteiger charge is 2.32. The lowest BCUT2D eigenvalue weighted by Gasteiger charge is -2.30. The molecule has 0 aliphatic heterocycles. The Morgan fingerprint density at radius 3 is 2.21 bits per heavy atom. The molecule has 0 radical (unpaired) electrons. The lowest BCUT2D eigenvalue weighted by Crippen LogP contribution is -2.45. The van der Waals surface area contributed by atoms with Crippen LogP contribution in [0.1, 0.15) is 23.6 Å². The van der Waals surface area contributed by atoms with Crippen molar-refractivity contribution in [2.75, 3.05) is 23.0 Å². The van der Waals surface area contributed by atoms with Crippen molar-refractivity contribution in [3.8, 4) is 5.75 Å². The van der Waals surface area contributed by atoms with Crippen molar-refractivity contribution < 1.29 is 17.9 Å². The van der Waals surface area contributed by atoms with Crippen LogP contribution in [0.3, 0.4) is 0 Å². The van der Waals surface area contributed by atoms with E-state index in [9.17, 15) is 13.2 Å². The standard InChI is InChI=1S/C20H25ClN2O4S/c1-12-9-13(2)19(14(3)10-12)22-20(24)15(4)23(28(6,25)26)17-11-16(21)7-8-18(17)27-5/h7-11,15H,1-6H3,(H,22,24)/t15-/m0/s1. The van der Waals surface area contributed by atoms with Crippen LogP contribution in [0.25, 0.3) is 0 Å². The molecule has 1 N–H and O–H groups in total. The second-order valence-electron chi connectivity index (χ2n) is 6.81. The highest BCUT2D eigenvalue weighted by molar-refractivity contribution is 7.92. The first-order valence-electron chi connectivity index (χ1n) is 8.67. The molecule has 152 valence electrons. The van der Waals surface area contributed by atoms with E-state index < -0.39 is 22.0 Å². The number of nitrogens with one attached hydrogen (secondary N) is 1. The number of rotatable bonds is 6. The summed E-state index contributed by atoms with van der Waals surface area (Å²) in [5.74, 6) is -0.153. The van der Waals surface area contributed by atoms with E-state index in [1.54, 1.807) is 12.1 Å². The molecule has 0 spiro atoms. The van der Waals surface area contributed by atoms with E-state index in [2.05, 4.69) is 5.32 Å². The summed E-state index contributed by atoms with van der Waals surface area (Å²) >= 11 is 6.06. The van der Waals surface area contributed by atoms with Gasteiger partial charge in [-0.1, -0.05) is 29.3 Å². The second kappa shape index (κ2) is 8.41. The fourth-order valence-corrected chi connectivity index (χ4v) is 4.56. The van der Waals surface area contributed by atoms with Gasteiger partial charge in [0.2, 0.25) is 15.9 Å². The van der Waals surface area contributed by atoms with Crippen LogP contribution in [0, 0.1) is 20.8 Å². The predicted molar refractivity (Wildman–Crippen MR) is 114 cm³/mol. The molecule has 0 aliphatic carbocycles. The highest BCUT2D eigenvalue weighted by Crippen LogP contribution is 2.34. The minimum Gasteiger partial charge on any atom is -0.495 e. The number of anilines is 2. The zero-order valence-electron chi connectivity index (χ0n) is 16.8. The van der Waals surface area contributed by atoms with Gasteiger partial charge in [-0.15, -0.1) is 0 Å². The molecular formula is C20H25ClN2O4S. The van der Waals surface area contributed by atoms with E-state index in [0.717, 1.165) is 27.3 Å². The number of benzene rings is 2. The first kappa shape index (κ1) is 22.0. The Morgan fingerprint density at radius 2 is 1.71 bits per heavy atom. The smallest absolute Gasteiger partial charge is 0.248 e. The maximum atomic E-state index is 13.0. The molecule has 28 heavy (non-hydrogen) atoms. The van der Waals surface area contributed by atoms with Crippen molar-refractivity contribution in [1.82, 2.24) is 0 Å². The van der Waals surface area contributed by atoms with Crippen LogP contribution in [0.5, 0.6) is 5.75 Å². The van der Waals surface area contributed by atoms with Crippen molar-refractivity contribution >= 4 is 38.9 Å². The molecular weight excluding hydrogens is 400 g/mol. The van der Waals surface area contributed by atoms with Gasteiger partial charge in [-0.2, -0.15) is 0 Å². The lowest BCUT2D eigenvalue weighted by molar-refractivity contribution is -0.116. The molecule has 1 atom stereocenters. The Hall–Kier alpha value is -2.25. The molecule has 1 amide bonds. The average molecular weight is 425 g/mol. The van der Waals surface area contributed by atoms with Gasteiger partial charge in [0.05, 0.1) is 19.1 Å². The molecule has 0 saturated heterocycles. The van der Waals surface area contributed by atoms with Gasteiger partial charge >= 0.3 is 0 Å². The molecule has 0 aliphatic rings. The van der Waals surface area contributed by atoms with Gasteiger partial charge in [-0.05, 0) is 57.0 Å². The maximum absolute atomic E-state index is 13.0. The number of amides is 1. The number of sulfonamides is 1. The number of hydrogen-bond acceptors (Lipinski definition) is 4. The molecule has 0 aromatic heterocycles. The maximum Gasteiger partial charge on any atom is 0.248 e. The summed E-state index contributed by atoms with van der Waals surface area (Å²) in [5.41, 5.74) is 3.78. The fourth-order valence-electron chi connectivity index (χ4n) is 3.22. The van der Waals surface area contributed by atoms with E-state index in [4.69, 9.17) is 16.3 Å². The average Bonchev–Trinajstić information content (AvgIpc) is 2.57. The SMILES string of the molecule is COc1ccc(Cl)cc1N([C@@H](C)C(=O)Nc1c(C)cc(C)cc1C)S(C)(=O)=O. The van der Waals surface area contributed by atoms with E-state index in [-0.39, 0.29) is 5.69 Å². The fraction of sp³-hybridized carbons (Fsp3) is 0.350. The summed E-state index contributed by atoms with van der Waals surface area (Å²) in [7, 11) is -2.37. The van der Waals surface area contributed by atoms with E-state index in [1.807, 2.05) is 32.9 Å². The molecule has 0 saturated carbocycles. The Kier molecular flexibility index (Phi) is 6.62. The number of carbonyl (C=O) groups excluding carboxylic acids is 1. The molecule has 8 heteroatoms. The van der Waals surface area contributed by atoms with Crippen LogP contribution in [-0.2, 0) is 14.8 Å². The molecule has 6 nitrogen and oxygen atoms in total. The summed E-state index contributed by atoms with van der Waals surface area (Å²) in [6.07, 6.45) is 1.04. The summed E-state index contributed by atoms with van der Waals surface area (Å²) in [4.78, 5) is 13.0. The van der Waals surface area contributed by atoms with Crippen molar-refractivity contribution in [3.63, 3.8) is 0 Å². The Balaban J connectivity index is 2.46. The molecule has 2 aromatic carbocycles. The molecule has 2 aromatic rings. The zero-order valence-corrected chi connectivity index (χ0v) is 18.4. The zero-order chi connectivity index (χ0) is 21.2. The van der Waals surface area contributed by atoms with Crippen molar-refractivity contribution in [2.45, 2.75) is 33.7 Å². The van der Waals surface area contributed by atoms with Crippen LogP contribution in [-0.4, -0.2) is 33.7 Å². The van der Waals surface area contributed by atoms with Crippen LogP contribution in [0.4, 0.5) is 11.4 Å². The molecule has 0 unspecified atom stereocenters. The topological polar surface area (TPSA) is 75.7 Å². The lowest BCUT2D eigenvalue weighted by atomic mass is 10.0. The van der Waals surface area contributed by atoms with Crippen LogP contribution >= 0.6 is 11.6 Å². The first-order valence-corrected chi connectivity index (χ1v) is 10.9. The Bertz CT molecular complexity index is 982. The highest BCUT2D eigenvalue weighted by atomic mass is 35.5. The van der Waals surface area contributed by atoms with Gasteiger partial charge in [0, 0.05) is 10.7 Å². The molecule has 2 rings (SSSR count). The van der Waals surface area contributed by atoms with Gasteiger partial charge in [0.15, 0.2) is 0 Å². The predicted octanol–water partition coefficient (Wildman–Crippen LogP) is 4.07. The summed E-state index contributed by atoms with van der Waals surface area (Å²) < 4.78 is 31.4. The summed E-state index contributed by atoms with van der Waals surface area (Å²) in [6.45, 7) is 7.30. The third-order valence-electron chi connectivity index (χ3n) is 4.39. The van der Waals surface area contributed by atoms with Crippen LogP contribution < -0.4 is 14.4 Å². The molecule has 0 fully saturated rings. The van der Waals surface area contributed by atoms with Gasteiger partial charge in [0.1, 0.15) is 11.8 Å². The van der Waals surface area contributed by atoms with Crippen LogP contribution in [0.2, 0.25) is 5.02 Å². The number of carbonyl (C=O) groups is 1. The second-order valence-corrected chi connectivity index (χ2v) is 9.11. The number of ether oxygens (including phenoxy) is 1. The summed E-state index contributed by atoms with van der Waals surface area (Å²) in [5, 5.41) is 3.20. The van der Waals surface area contributed by atoms with Crippen molar-refractivity contribution in [3.05, 3.63) is 52.0 Å². The largest absolute Gasteiger partial charge is 0.495 e.